The fourth-order valence-corrected chi connectivity index (χ4v) is 1.80. The number of rotatable bonds is 1. The quantitative estimate of drug-likeness (QED) is 0.465. The van der Waals surface area contributed by atoms with Crippen molar-refractivity contribution in [2.24, 2.45) is 0 Å². The fourth-order valence-electron chi connectivity index (χ4n) is 1.80. The van der Waals surface area contributed by atoms with E-state index in [2.05, 4.69) is 0 Å². The second-order valence-corrected chi connectivity index (χ2v) is 3.28. The van der Waals surface area contributed by atoms with Crippen molar-refractivity contribution in [3.8, 4) is 0 Å². The summed E-state index contributed by atoms with van der Waals surface area (Å²) in [7, 11) is 5.61. The third-order valence-corrected chi connectivity index (χ3v) is 2.70. The highest BCUT2D eigenvalue weighted by Crippen LogP contribution is 2.41. The van der Waals surface area contributed by atoms with Crippen LogP contribution in [0, 0.1) is 0 Å². The molecule has 0 aliphatic carbocycles. The summed E-state index contributed by atoms with van der Waals surface area (Å²) >= 11 is 0. The minimum absolute atomic E-state index is 0.222. The van der Waals surface area contributed by atoms with Gasteiger partial charge in [0.15, 0.2) is 0 Å². The van der Waals surface area contributed by atoms with Crippen LogP contribution >= 0.6 is 0 Å². The van der Waals surface area contributed by atoms with Gasteiger partial charge >= 0.3 is 0 Å². The summed E-state index contributed by atoms with van der Waals surface area (Å²) in [6.45, 7) is 0.381. The molecule has 0 amide bonds. The maximum Gasteiger partial charge on any atom is 0.116 e. The van der Waals surface area contributed by atoms with Crippen molar-refractivity contribution in [3.63, 3.8) is 0 Å². The van der Waals surface area contributed by atoms with Gasteiger partial charge in [-0.15, -0.1) is 0 Å². The molecule has 66 valence electrons. The van der Waals surface area contributed by atoms with Crippen LogP contribution in [0.5, 0.6) is 0 Å². The highest BCUT2D eigenvalue weighted by atomic mass is 16.6. The highest BCUT2D eigenvalue weighted by Gasteiger charge is 2.58. The van der Waals surface area contributed by atoms with Gasteiger partial charge in [0.2, 0.25) is 0 Å². The molecular weight excluding hydrogens is 159 g/mol. The van der Waals surface area contributed by atoms with E-state index in [-0.39, 0.29) is 6.61 Å². The van der Waals surface area contributed by atoms with Gasteiger partial charge < -0.3 is 19.7 Å². The van der Waals surface area contributed by atoms with Crippen LogP contribution in [0.25, 0.3) is 0 Å². The molecule has 3 unspecified atom stereocenters. The minimum Gasteiger partial charge on any atom is -0.394 e. The Balaban J connectivity index is 2.14. The van der Waals surface area contributed by atoms with Crippen LogP contribution in [0.15, 0.2) is 0 Å². The molecule has 0 aromatic rings. The van der Waals surface area contributed by atoms with Gasteiger partial charge in [0, 0.05) is 12.4 Å². The van der Waals surface area contributed by atoms with Crippen molar-refractivity contribution < 1.29 is 19.7 Å². The van der Waals surface area contributed by atoms with Crippen LogP contribution in [-0.2, 0) is 9.47 Å². The summed E-state index contributed by atoms with van der Waals surface area (Å²) in [5.41, 5.74) is -0.743. The van der Waals surface area contributed by atoms with Gasteiger partial charge in [-0.3, -0.25) is 0 Å². The van der Waals surface area contributed by atoms with Gasteiger partial charge in [0.05, 0.1) is 13.2 Å². The topological polar surface area (TPSA) is 58.9 Å². The zero-order valence-corrected chi connectivity index (χ0v) is 6.64. The molecule has 4 nitrogen and oxygen atoms in total. The van der Waals surface area contributed by atoms with Crippen molar-refractivity contribution >= 4 is 7.85 Å². The predicted octanol–water partition coefficient (Wildman–Crippen LogP) is -1.61. The van der Waals surface area contributed by atoms with E-state index in [9.17, 15) is 5.11 Å². The van der Waals surface area contributed by atoms with Crippen LogP contribution < -0.4 is 0 Å². The maximum atomic E-state index is 9.64. The molecule has 2 heterocycles. The molecule has 2 saturated heterocycles. The Bertz CT molecular complexity index is 182. The molecule has 0 aromatic heterocycles. The van der Waals surface area contributed by atoms with Crippen LogP contribution in [0.3, 0.4) is 0 Å². The molecule has 1 spiro atoms. The van der Waals surface area contributed by atoms with Gasteiger partial charge in [-0.2, -0.15) is 0 Å². The SMILES string of the molecule is [B]C1OC(CO)C(O)[C@]12CCO2. The average molecular weight is 170 g/mol. The van der Waals surface area contributed by atoms with E-state index >= 15 is 0 Å². The summed E-state index contributed by atoms with van der Waals surface area (Å²) in [6.07, 6.45) is -0.696. The molecule has 4 atom stereocenters. The van der Waals surface area contributed by atoms with E-state index in [4.69, 9.17) is 22.4 Å². The lowest BCUT2D eigenvalue weighted by Crippen LogP contribution is -2.58. The van der Waals surface area contributed by atoms with E-state index in [0.717, 1.165) is 0 Å². The standard InChI is InChI=1S/C7H11BO4/c8-6-7(1-2-11-7)5(10)4(3-9)12-6/h4-6,9-10H,1-3H2/t4?,5?,6?,7-/m1/s1. The lowest BCUT2D eigenvalue weighted by molar-refractivity contribution is -0.194. The summed E-state index contributed by atoms with van der Waals surface area (Å²) in [5, 5.41) is 18.4. The average Bonchev–Trinajstić information content (AvgIpc) is 2.21. The molecule has 2 N–H and O–H groups in total. The zero-order chi connectivity index (χ0) is 8.77. The normalized spacial score (nSPS) is 52.7. The first-order valence-electron chi connectivity index (χ1n) is 4.04. The van der Waals surface area contributed by atoms with E-state index in [1.54, 1.807) is 0 Å². The zero-order valence-electron chi connectivity index (χ0n) is 6.64. The Morgan fingerprint density at radius 2 is 2.25 bits per heavy atom. The van der Waals surface area contributed by atoms with Crippen LogP contribution in [0.2, 0.25) is 0 Å². The van der Waals surface area contributed by atoms with Gasteiger partial charge in [-0.25, -0.2) is 0 Å². The monoisotopic (exact) mass is 170 g/mol. The van der Waals surface area contributed by atoms with E-state index in [1.807, 2.05) is 0 Å². The number of hydrogen-bond acceptors (Lipinski definition) is 4. The molecule has 12 heavy (non-hydrogen) atoms. The Kier molecular flexibility index (Phi) is 1.91. The predicted molar refractivity (Wildman–Crippen MR) is 40.8 cm³/mol. The number of ether oxygens (including phenoxy) is 2. The Morgan fingerprint density at radius 1 is 1.58 bits per heavy atom. The first-order valence-corrected chi connectivity index (χ1v) is 4.04. The van der Waals surface area contributed by atoms with Crippen molar-refractivity contribution in [1.82, 2.24) is 0 Å². The number of aliphatic hydroxyl groups excluding tert-OH is 2. The minimum atomic E-state index is -0.800. The van der Waals surface area contributed by atoms with Crippen LogP contribution in [-0.4, -0.2) is 55.1 Å². The second-order valence-electron chi connectivity index (χ2n) is 3.28. The Labute approximate surface area is 71.9 Å². The van der Waals surface area contributed by atoms with Gasteiger partial charge in [-0.1, -0.05) is 0 Å². The van der Waals surface area contributed by atoms with Crippen LogP contribution in [0.1, 0.15) is 6.42 Å². The largest absolute Gasteiger partial charge is 0.394 e. The summed E-state index contributed by atoms with van der Waals surface area (Å²) in [6, 6.07) is -0.613. The second kappa shape index (κ2) is 2.70. The van der Waals surface area contributed by atoms with E-state index in [1.165, 1.54) is 0 Å². The van der Waals surface area contributed by atoms with E-state index < -0.39 is 23.8 Å². The third-order valence-electron chi connectivity index (χ3n) is 2.70. The van der Waals surface area contributed by atoms with Crippen molar-refractivity contribution in [2.75, 3.05) is 13.2 Å². The van der Waals surface area contributed by atoms with Crippen molar-refractivity contribution in [2.45, 2.75) is 30.2 Å². The molecule has 2 radical (unpaired) electrons. The number of aliphatic hydroxyl groups is 2. The van der Waals surface area contributed by atoms with Gasteiger partial charge in [0.1, 0.15) is 25.7 Å². The molecule has 2 rings (SSSR count). The maximum absolute atomic E-state index is 9.64. The lowest BCUT2D eigenvalue weighted by atomic mass is 9.75. The molecule has 0 bridgehead atoms. The van der Waals surface area contributed by atoms with Crippen LogP contribution in [0.4, 0.5) is 0 Å². The number of hydrogen-bond donors (Lipinski definition) is 2. The first kappa shape index (κ1) is 8.50. The molecule has 0 aromatic carbocycles. The third kappa shape index (κ3) is 0.878. The molecule has 0 saturated carbocycles. The first-order chi connectivity index (χ1) is 5.70. The molecular formula is C7H11BO4. The summed E-state index contributed by atoms with van der Waals surface area (Å²) in [4.78, 5) is 0. The lowest BCUT2D eigenvalue weighted by Gasteiger charge is -2.43. The molecule has 2 aliphatic heterocycles. The Morgan fingerprint density at radius 3 is 2.50 bits per heavy atom. The van der Waals surface area contributed by atoms with Crippen molar-refractivity contribution in [1.29, 1.82) is 0 Å². The van der Waals surface area contributed by atoms with E-state index in [0.29, 0.717) is 13.0 Å². The Hall–Kier alpha value is -0.0951. The molecule has 2 aliphatic rings. The van der Waals surface area contributed by atoms with Crippen molar-refractivity contribution in [3.05, 3.63) is 0 Å². The summed E-state index contributed by atoms with van der Waals surface area (Å²) < 4.78 is 10.4. The fraction of sp³-hybridized carbons (Fsp3) is 1.00. The van der Waals surface area contributed by atoms with Gasteiger partial charge in [0.25, 0.3) is 0 Å². The molecule has 2 fully saturated rings. The smallest absolute Gasteiger partial charge is 0.116 e. The summed E-state index contributed by atoms with van der Waals surface area (Å²) in [5.74, 6) is 0. The highest BCUT2D eigenvalue weighted by molar-refractivity contribution is 6.12. The molecule has 5 heteroatoms. The van der Waals surface area contributed by atoms with Gasteiger partial charge in [-0.05, 0) is 0 Å².